The number of nitrogens with zero attached hydrogens (tertiary/aromatic N) is 2. The summed E-state index contributed by atoms with van der Waals surface area (Å²) in [6, 6.07) is 9.75. The van der Waals surface area contributed by atoms with Gasteiger partial charge < -0.3 is 10.2 Å². The number of hydrogen-bond acceptors (Lipinski definition) is 6. The van der Waals surface area contributed by atoms with Crippen molar-refractivity contribution in [1.29, 1.82) is 0 Å². The van der Waals surface area contributed by atoms with Crippen molar-refractivity contribution in [3.8, 4) is 0 Å². The van der Waals surface area contributed by atoms with Gasteiger partial charge in [-0.2, -0.15) is 0 Å². The average Bonchev–Trinajstić information content (AvgIpc) is 2.91. The lowest BCUT2D eigenvalue weighted by atomic mass is 9.84. The summed E-state index contributed by atoms with van der Waals surface area (Å²) in [6.07, 6.45) is 2.34. The molecule has 0 spiro atoms. The Labute approximate surface area is 232 Å². The molecule has 0 radical (unpaired) electrons. The molecule has 1 atom stereocenters. The number of pyridine rings is 1. The fourth-order valence-electron chi connectivity index (χ4n) is 4.22. The van der Waals surface area contributed by atoms with Crippen LogP contribution in [0.3, 0.4) is 0 Å². The molecule has 1 N–H and O–H groups in total. The Bertz CT molecular complexity index is 1350. The second-order valence-corrected chi connectivity index (χ2v) is 12.2. The molecule has 2 aromatic carbocycles. The Morgan fingerprint density at radius 3 is 2.59 bits per heavy atom. The Kier molecular flexibility index (Phi) is 10.4. The van der Waals surface area contributed by atoms with Crippen molar-refractivity contribution in [3.63, 3.8) is 0 Å². The number of carbonyl (C=O) groups is 1. The zero-order chi connectivity index (χ0) is 28.8. The number of fused-ring (bicyclic) bond motifs is 1. The van der Waals surface area contributed by atoms with Gasteiger partial charge in [-0.25, -0.2) is 18.1 Å². The first-order valence-electron chi connectivity index (χ1n) is 12.2. The van der Waals surface area contributed by atoms with Crippen molar-refractivity contribution in [3.05, 3.63) is 76.6 Å². The van der Waals surface area contributed by atoms with Crippen LogP contribution in [0.25, 0.3) is 10.8 Å². The molecule has 3 rings (SSSR count). The minimum atomic E-state index is -3.71. The number of hydrogen-bond donors (Lipinski definition) is 1. The number of urea groups is 1. The third-order valence-electron chi connectivity index (χ3n) is 6.42. The first kappa shape index (κ1) is 30.9. The van der Waals surface area contributed by atoms with E-state index in [2.05, 4.69) is 10.3 Å². The van der Waals surface area contributed by atoms with Gasteiger partial charge in [0, 0.05) is 51.9 Å². The predicted molar refractivity (Wildman–Crippen MR) is 147 cm³/mol. The molecule has 1 aromatic heterocycles. The fourth-order valence-corrected chi connectivity index (χ4v) is 5.28. The molecule has 0 aliphatic heterocycles. The molecule has 3 aromatic rings. The van der Waals surface area contributed by atoms with Crippen LogP contribution < -0.4 is 5.32 Å². The maximum absolute atomic E-state index is 13.8. The van der Waals surface area contributed by atoms with E-state index in [1.54, 1.807) is 31.4 Å². The van der Waals surface area contributed by atoms with Crippen LogP contribution >= 0.6 is 19.4 Å². The standard InChI is InChI=1S/C27H33ClF2N3O5P/c1-27(2,17-38-39(35,36-4)37-5)15-21(14-24-22-10-9-20(29)13-18(22)11-12-31-24)33(3)26(34)32-16-19-7-6-8-23(30)25(19)28/h6-13,21H,14-17H2,1-5H3,(H,32,34)/t21-/m1/s1. The van der Waals surface area contributed by atoms with Gasteiger partial charge in [-0.3, -0.25) is 18.6 Å². The SMILES string of the molecule is COP(=O)(OC)OCC(C)(C)C[C@@H](Cc1nccc2cc(F)ccc12)N(C)C(=O)NCc1cccc(F)c1Cl. The predicted octanol–water partition coefficient (Wildman–Crippen LogP) is 6.75. The lowest BCUT2D eigenvalue weighted by molar-refractivity contribution is 0.0834. The van der Waals surface area contributed by atoms with Crippen molar-refractivity contribution < 1.29 is 31.7 Å². The molecule has 0 saturated carbocycles. The molecule has 0 aliphatic carbocycles. The van der Waals surface area contributed by atoms with Gasteiger partial charge >= 0.3 is 13.9 Å². The molecule has 0 fully saturated rings. The second kappa shape index (κ2) is 13.2. The molecule has 8 nitrogen and oxygen atoms in total. The van der Waals surface area contributed by atoms with Crippen LogP contribution in [0.5, 0.6) is 0 Å². The van der Waals surface area contributed by atoms with Gasteiger partial charge in [0.1, 0.15) is 11.6 Å². The highest BCUT2D eigenvalue weighted by molar-refractivity contribution is 7.48. The summed E-state index contributed by atoms with van der Waals surface area (Å²) >= 11 is 6.04. The van der Waals surface area contributed by atoms with E-state index in [9.17, 15) is 18.1 Å². The van der Waals surface area contributed by atoms with E-state index >= 15 is 0 Å². The number of aromatic nitrogens is 1. The summed E-state index contributed by atoms with van der Waals surface area (Å²) in [4.78, 5) is 19.3. The van der Waals surface area contributed by atoms with E-state index in [1.165, 1.54) is 43.4 Å². The highest BCUT2D eigenvalue weighted by Gasteiger charge is 2.33. The minimum Gasteiger partial charge on any atom is -0.334 e. The molecule has 1 heterocycles. The maximum atomic E-state index is 13.8. The molecule has 0 bridgehead atoms. The van der Waals surface area contributed by atoms with Crippen LogP contribution in [0.1, 0.15) is 31.5 Å². The zero-order valence-electron chi connectivity index (χ0n) is 22.5. The topological polar surface area (TPSA) is 90.0 Å². The largest absolute Gasteiger partial charge is 0.474 e. The van der Waals surface area contributed by atoms with Crippen molar-refractivity contribution in [2.45, 2.75) is 39.3 Å². The van der Waals surface area contributed by atoms with Crippen molar-refractivity contribution in [2.24, 2.45) is 5.41 Å². The second-order valence-electron chi connectivity index (χ2n) is 9.92. The van der Waals surface area contributed by atoms with Crippen molar-refractivity contribution in [1.82, 2.24) is 15.2 Å². The van der Waals surface area contributed by atoms with Gasteiger partial charge in [0.15, 0.2) is 0 Å². The maximum Gasteiger partial charge on any atom is 0.474 e. The van der Waals surface area contributed by atoms with E-state index in [0.29, 0.717) is 29.5 Å². The Balaban J connectivity index is 1.85. The van der Waals surface area contributed by atoms with Crippen LogP contribution in [0.2, 0.25) is 5.02 Å². The van der Waals surface area contributed by atoms with E-state index in [4.69, 9.17) is 25.2 Å². The third-order valence-corrected chi connectivity index (χ3v) is 8.18. The van der Waals surface area contributed by atoms with Gasteiger partial charge in [0.2, 0.25) is 0 Å². The summed E-state index contributed by atoms with van der Waals surface area (Å²) in [5, 5.41) is 4.19. The number of likely N-dealkylation sites (N-methyl/N-ethyl adjacent to an activating group) is 1. The first-order valence-corrected chi connectivity index (χ1v) is 14.0. The molecule has 0 saturated heterocycles. The molecule has 39 heavy (non-hydrogen) atoms. The lowest BCUT2D eigenvalue weighted by Gasteiger charge is -2.35. The van der Waals surface area contributed by atoms with Crippen LogP contribution in [0.15, 0.2) is 48.7 Å². The van der Waals surface area contributed by atoms with Gasteiger partial charge in [0.25, 0.3) is 0 Å². The van der Waals surface area contributed by atoms with Gasteiger partial charge in [-0.1, -0.05) is 37.6 Å². The van der Waals surface area contributed by atoms with Crippen LogP contribution in [-0.4, -0.2) is 49.8 Å². The number of carbonyl (C=O) groups excluding carboxylic acids is 1. The summed E-state index contributed by atoms with van der Waals surface area (Å²) < 4.78 is 55.4. The highest BCUT2D eigenvalue weighted by atomic mass is 35.5. The zero-order valence-corrected chi connectivity index (χ0v) is 24.2. The average molecular weight is 584 g/mol. The number of rotatable bonds is 12. The van der Waals surface area contributed by atoms with Gasteiger partial charge in [-0.15, -0.1) is 0 Å². The van der Waals surface area contributed by atoms with Crippen LogP contribution in [0, 0.1) is 17.0 Å². The van der Waals surface area contributed by atoms with Gasteiger partial charge in [0.05, 0.1) is 17.3 Å². The quantitative estimate of drug-likeness (QED) is 0.237. The van der Waals surface area contributed by atoms with E-state index in [0.717, 1.165) is 5.39 Å². The highest BCUT2D eigenvalue weighted by Crippen LogP contribution is 2.49. The molecular formula is C27H33ClF2N3O5P. The van der Waals surface area contributed by atoms with Crippen molar-refractivity contribution >= 4 is 36.2 Å². The Morgan fingerprint density at radius 2 is 1.90 bits per heavy atom. The molecule has 0 unspecified atom stereocenters. The summed E-state index contributed by atoms with van der Waals surface area (Å²) in [7, 11) is 0.406. The van der Waals surface area contributed by atoms with Crippen LogP contribution in [0.4, 0.5) is 13.6 Å². The number of halogens is 3. The smallest absolute Gasteiger partial charge is 0.334 e. The minimum absolute atomic E-state index is 0.0188. The number of phosphoric ester groups is 1. The van der Waals surface area contributed by atoms with E-state index in [-0.39, 0.29) is 24.0 Å². The van der Waals surface area contributed by atoms with E-state index in [1.807, 2.05) is 13.8 Å². The number of nitrogens with one attached hydrogen (secondary N) is 1. The Morgan fingerprint density at radius 1 is 1.18 bits per heavy atom. The molecule has 0 aliphatic rings. The number of amides is 2. The third kappa shape index (κ3) is 8.19. The fraction of sp³-hybridized carbons (Fsp3) is 0.407. The van der Waals surface area contributed by atoms with Crippen molar-refractivity contribution in [2.75, 3.05) is 27.9 Å². The molecule has 212 valence electrons. The summed E-state index contributed by atoms with van der Waals surface area (Å²) in [5.41, 5.74) is 0.534. The van der Waals surface area contributed by atoms with Gasteiger partial charge in [-0.05, 0) is 53.1 Å². The lowest BCUT2D eigenvalue weighted by Crippen LogP contribution is -2.46. The van der Waals surface area contributed by atoms with E-state index < -0.39 is 31.1 Å². The monoisotopic (exact) mass is 583 g/mol. The summed E-state index contributed by atoms with van der Waals surface area (Å²) in [5.74, 6) is -0.929. The molecular weight excluding hydrogens is 551 g/mol. The normalized spacial score (nSPS) is 12.9. The molecule has 12 heteroatoms. The number of benzene rings is 2. The Hall–Kier alpha value is -2.62. The number of phosphoric acid groups is 1. The molecule has 2 amide bonds. The summed E-state index contributed by atoms with van der Waals surface area (Å²) in [6.45, 7) is 3.85. The van der Waals surface area contributed by atoms with Crippen LogP contribution in [-0.2, 0) is 31.1 Å². The first-order chi connectivity index (χ1) is 18.4.